The van der Waals surface area contributed by atoms with E-state index in [2.05, 4.69) is 0 Å². The summed E-state index contributed by atoms with van der Waals surface area (Å²) < 4.78 is 10.2. The SMILES string of the molecule is CCN(C(=O)/C=C/c1ccc(OCOC)cc1)c1ccccc1. The lowest BCUT2D eigenvalue weighted by atomic mass is 10.2. The molecular formula is C19H21NO3. The highest BCUT2D eigenvalue weighted by Crippen LogP contribution is 2.15. The van der Waals surface area contributed by atoms with Gasteiger partial charge in [-0.25, -0.2) is 0 Å². The predicted octanol–water partition coefficient (Wildman–Crippen LogP) is 3.74. The highest BCUT2D eigenvalue weighted by atomic mass is 16.7. The molecule has 0 saturated carbocycles. The number of hydrogen-bond donors (Lipinski definition) is 0. The number of likely N-dealkylation sites (N-methyl/N-ethyl adjacent to an activating group) is 1. The number of hydrogen-bond acceptors (Lipinski definition) is 3. The lowest BCUT2D eigenvalue weighted by molar-refractivity contribution is -0.114. The van der Waals surface area contributed by atoms with Crippen molar-refractivity contribution in [2.24, 2.45) is 0 Å². The Morgan fingerprint density at radius 3 is 2.39 bits per heavy atom. The van der Waals surface area contributed by atoms with E-state index in [1.165, 1.54) is 0 Å². The van der Waals surface area contributed by atoms with E-state index in [4.69, 9.17) is 9.47 Å². The minimum Gasteiger partial charge on any atom is -0.468 e. The van der Waals surface area contributed by atoms with E-state index in [1.807, 2.05) is 61.5 Å². The van der Waals surface area contributed by atoms with Gasteiger partial charge in [0, 0.05) is 25.4 Å². The van der Waals surface area contributed by atoms with Gasteiger partial charge in [0.05, 0.1) is 0 Å². The molecule has 0 unspecified atom stereocenters. The zero-order chi connectivity index (χ0) is 16.5. The minimum absolute atomic E-state index is 0.0431. The summed E-state index contributed by atoms with van der Waals surface area (Å²) in [6.07, 6.45) is 3.38. The number of methoxy groups -OCH3 is 1. The standard InChI is InChI=1S/C19H21NO3/c1-3-20(17-7-5-4-6-8-17)19(21)14-11-16-9-12-18(13-10-16)23-15-22-2/h4-14H,3,15H2,1-2H3/b14-11+. The third kappa shape index (κ3) is 4.97. The van der Waals surface area contributed by atoms with Crippen LogP contribution in [-0.2, 0) is 9.53 Å². The molecule has 0 atom stereocenters. The molecule has 0 radical (unpaired) electrons. The topological polar surface area (TPSA) is 38.8 Å². The van der Waals surface area contributed by atoms with Gasteiger partial charge in [-0.2, -0.15) is 0 Å². The number of benzene rings is 2. The van der Waals surface area contributed by atoms with E-state index in [1.54, 1.807) is 24.2 Å². The molecule has 2 rings (SSSR count). The molecule has 0 aliphatic heterocycles. The summed E-state index contributed by atoms with van der Waals surface area (Å²) in [5.41, 5.74) is 1.83. The number of carbonyl (C=O) groups excluding carboxylic acids is 1. The van der Waals surface area contributed by atoms with Crippen molar-refractivity contribution < 1.29 is 14.3 Å². The molecule has 0 spiro atoms. The molecule has 4 nitrogen and oxygen atoms in total. The monoisotopic (exact) mass is 311 g/mol. The van der Waals surface area contributed by atoms with Crippen molar-refractivity contribution in [3.05, 3.63) is 66.2 Å². The van der Waals surface area contributed by atoms with Crippen LogP contribution in [0.3, 0.4) is 0 Å². The van der Waals surface area contributed by atoms with E-state index in [-0.39, 0.29) is 12.7 Å². The fourth-order valence-corrected chi connectivity index (χ4v) is 2.13. The predicted molar refractivity (Wildman–Crippen MR) is 92.4 cm³/mol. The zero-order valence-electron chi connectivity index (χ0n) is 13.4. The summed E-state index contributed by atoms with van der Waals surface area (Å²) >= 11 is 0. The van der Waals surface area contributed by atoms with Crippen LogP contribution in [0.4, 0.5) is 5.69 Å². The number of anilines is 1. The summed E-state index contributed by atoms with van der Waals surface area (Å²) in [4.78, 5) is 14.1. The summed E-state index contributed by atoms with van der Waals surface area (Å²) in [5.74, 6) is 0.688. The molecule has 1 amide bonds. The van der Waals surface area contributed by atoms with Crippen molar-refractivity contribution in [2.75, 3.05) is 25.3 Å². The fraction of sp³-hybridized carbons (Fsp3) is 0.211. The van der Waals surface area contributed by atoms with Gasteiger partial charge in [0.15, 0.2) is 6.79 Å². The first kappa shape index (κ1) is 16.8. The summed E-state index contributed by atoms with van der Waals surface area (Å²) in [6.45, 7) is 2.80. The van der Waals surface area contributed by atoms with Crippen LogP contribution in [0, 0.1) is 0 Å². The third-order valence-corrected chi connectivity index (χ3v) is 3.29. The average molecular weight is 311 g/mol. The van der Waals surface area contributed by atoms with E-state index >= 15 is 0 Å². The zero-order valence-corrected chi connectivity index (χ0v) is 13.4. The average Bonchev–Trinajstić information content (AvgIpc) is 2.60. The second-order valence-corrected chi connectivity index (χ2v) is 4.87. The van der Waals surface area contributed by atoms with Crippen molar-refractivity contribution in [3.8, 4) is 5.75 Å². The molecule has 0 N–H and O–H groups in total. The van der Waals surface area contributed by atoms with Gasteiger partial charge in [-0.3, -0.25) is 4.79 Å². The Morgan fingerprint density at radius 1 is 1.09 bits per heavy atom. The van der Waals surface area contributed by atoms with E-state index in [9.17, 15) is 4.79 Å². The molecule has 0 fully saturated rings. The molecule has 0 aliphatic rings. The van der Waals surface area contributed by atoms with Crippen LogP contribution in [0.15, 0.2) is 60.7 Å². The first-order chi connectivity index (χ1) is 11.2. The smallest absolute Gasteiger partial charge is 0.250 e. The second-order valence-electron chi connectivity index (χ2n) is 4.87. The van der Waals surface area contributed by atoms with Gasteiger partial charge in [0.2, 0.25) is 0 Å². The van der Waals surface area contributed by atoms with E-state index in [0.29, 0.717) is 6.54 Å². The van der Waals surface area contributed by atoms with Crippen LogP contribution in [0.2, 0.25) is 0 Å². The lowest BCUT2D eigenvalue weighted by Crippen LogP contribution is -2.28. The summed E-state index contributed by atoms with van der Waals surface area (Å²) in [6, 6.07) is 17.1. The van der Waals surface area contributed by atoms with Gasteiger partial charge in [-0.1, -0.05) is 30.3 Å². The molecule has 2 aromatic rings. The number of ether oxygens (including phenoxy) is 2. The molecule has 23 heavy (non-hydrogen) atoms. The van der Waals surface area contributed by atoms with E-state index < -0.39 is 0 Å². The number of nitrogens with zero attached hydrogens (tertiary/aromatic N) is 1. The van der Waals surface area contributed by atoms with Crippen molar-refractivity contribution in [1.82, 2.24) is 0 Å². The fourth-order valence-electron chi connectivity index (χ4n) is 2.13. The summed E-state index contributed by atoms with van der Waals surface area (Å²) in [7, 11) is 1.58. The Kier molecular flexibility index (Phi) is 6.39. The first-order valence-electron chi connectivity index (χ1n) is 7.51. The van der Waals surface area contributed by atoms with Gasteiger partial charge in [0.25, 0.3) is 5.91 Å². The minimum atomic E-state index is -0.0431. The third-order valence-electron chi connectivity index (χ3n) is 3.29. The van der Waals surface area contributed by atoms with Crippen LogP contribution < -0.4 is 9.64 Å². The van der Waals surface area contributed by atoms with Crippen LogP contribution >= 0.6 is 0 Å². The molecular weight excluding hydrogens is 290 g/mol. The van der Waals surface area contributed by atoms with Crippen LogP contribution in [0.5, 0.6) is 5.75 Å². The quantitative estimate of drug-likeness (QED) is 0.577. The highest BCUT2D eigenvalue weighted by Gasteiger charge is 2.09. The van der Waals surface area contributed by atoms with Gasteiger partial charge in [-0.05, 0) is 42.8 Å². The first-order valence-corrected chi connectivity index (χ1v) is 7.51. The van der Waals surface area contributed by atoms with Gasteiger partial charge < -0.3 is 14.4 Å². The Hall–Kier alpha value is -2.59. The number of carbonyl (C=O) groups is 1. The van der Waals surface area contributed by atoms with Crippen molar-refractivity contribution >= 4 is 17.7 Å². The molecule has 0 aliphatic carbocycles. The second kappa shape index (κ2) is 8.76. The number of amides is 1. The van der Waals surface area contributed by atoms with Gasteiger partial charge >= 0.3 is 0 Å². The molecule has 0 heterocycles. The Labute approximate surface area is 137 Å². The molecule has 120 valence electrons. The molecule has 0 saturated heterocycles. The number of para-hydroxylation sites is 1. The van der Waals surface area contributed by atoms with Crippen molar-refractivity contribution in [3.63, 3.8) is 0 Å². The lowest BCUT2D eigenvalue weighted by Gasteiger charge is -2.19. The maximum absolute atomic E-state index is 12.4. The Balaban J connectivity index is 2.02. The number of rotatable bonds is 7. The van der Waals surface area contributed by atoms with Gasteiger partial charge in [0.1, 0.15) is 5.75 Å². The highest BCUT2D eigenvalue weighted by molar-refractivity contribution is 6.03. The Bertz CT molecular complexity index is 635. The Morgan fingerprint density at radius 2 is 1.78 bits per heavy atom. The molecule has 4 heteroatoms. The largest absolute Gasteiger partial charge is 0.468 e. The normalized spacial score (nSPS) is 10.7. The molecule has 0 aromatic heterocycles. The maximum Gasteiger partial charge on any atom is 0.250 e. The van der Waals surface area contributed by atoms with Crippen LogP contribution in [0.25, 0.3) is 6.08 Å². The summed E-state index contributed by atoms with van der Waals surface area (Å²) in [5, 5.41) is 0. The van der Waals surface area contributed by atoms with Crippen molar-refractivity contribution in [2.45, 2.75) is 6.92 Å². The van der Waals surface area contributed by atoms with Crippen molar-refractivity contribution in [1.29, 1.82) is 0 Å². The van der Waals surface area contributed by atoms with Gasteiger partial charge in [-0.15, -0.1) is 0 Å². The molecule has 2 aromatic carbocycles. The van der Waals surface area contributed by atoms with Crippen LogP contribution in [-0.4, -0.2) is 26.4 Å². The maximum atomic E-state index is 12.4. The van der Waals surface area contributed by atoms with Crippen LogP contribution in [0.1, 0.15) is 12.5 Å². The molecule has 0 bridgehead atoms. The van der Waals surface area contributed by atoms with E-state index in [0.717, 1.165) is 17.0 Å².